The third kappa shape index (κ3) is 2.41. The van der Waals surface area contributed by atoms with Gasteiger partial charge < -0.3 is 19.9 Å². The van der Waals surface area contributed by atoms with E-state index < -0.39 is 5.41 Å². The molecule has 1 saturated heterocycles. The van der Waals surface area contributed by atoms with Gasteiger partial charge in [-0.2, -0.15) is 0 Å². The molecule has 2 aliphatic rings. The lowest BCUT2D eigenvalue weighted by Crippen LogP contribution is -2.42. The summed E-state index contributed by atoms with van der Waals surface area (Å²) in [7, 11) is 3.39. The molecule has 2 aromatic carbocycles. The number of carbonyl (C=O) groups is 2. The van der Waals surface area contributed by atoms with Gasteiger partial charge in [-0.3, -0.25) is 4.79 Å². The fraction of sp³-hybridized carbons (Fsp3) is 0.300. The first-order valence-electron chi connectivity index (χ1n) is 8.63. The average molecular weight is 351 g/mol. The van der Waals surface area contributed by atoms with E-state index in [4.69, 9.17) is 4.74 Å². The third-order valence-electron chi connectivity index (χ3n) is 5.37. The van der Waals surface area contributed by atoms with Crippen molar-refractivity contribution in [1.82, 2.24) is 4.90 Å². The summed E-state index contributed by atoms with van der Waals surface area (Å²) in [6.45, 7) is 0.937. The minimum Gasteiger partial charge on any atom is -0.497 e. The van der Waals surface area contributed by atoms with Gasteiger partial charge >= 0.3 is 6.03 Å². The maximum absolute atomic E-state index is 12.9. The van der Waals surface area contributed by atoms with Gasteiger partial charge in [0.05, 0.1) is 12.5 Å². The second-order valence-corrected chi connectivity index (χ2v) is 6.80. The number of likely N-dealkylation sites (N-methyl/N-ethyl adjacent to an activating group) is 1. The van der Waals surface area contributed by atoms with Gasteiger partial charge in [0.1, 0.15) is 5.75 Å². The van der Waals surface area contributed by atoms with Crippen LogP contribution in [-0.4, -0.2) is 44.1 Å². The smallest absolute Gasteiger partial charge is 0.321 e. The number of hydrogen-bond donors (Lipinski definition) is 1. The minimum absolute atomic E-state index is 0.0652. The summed E-state index contributed by atoms with van der Waals surface area (Å²) in [5.74, 6) is 0.748. The molecule has 1 unspecified atom stereocenters. The molecule has 6 nitrogen and oxygen atoms in total. The van der Waals surface area contributed by atoms with Crippen LogP contribution < -0.4 is 15.0 Å². The van der Waals surface area contributed by atoms with Gasteiger partial charge in [-0.15, -0.1) is 0 Å². The topological polar surface area (TPSA) is 61.9 Å². The molecule has 2 heterocycles. The predicted octanol–water partition coefficient (Wildman–Crippen LogP) is 2.85. The van der Waals surface area contributed by atoms with Crippen LogP contribution in [0.1, 0.15) is 12.0 Å². The maximum Gasteiger partial charge on any atom is 0.321 e. The minimum atomic E-state index is -0.628. The highest BCUT2D eigenvalue weighted by Crippen LogP contribution is 2.46. The van der Waals surface area contributed by atoms with Crippen molar-refractivity contribution in [3.05, 3.63) is 54.1 Å². The normalized spacial score (nSPS) is 21.2. The molecule has 2 aliphatic heterocycles. The number of rotatable bonds is 2. The Morgan fingerprint density at radius 2 is 2.00 bits per heavy atom. The van der Waals surface area contributed by atoms with Crippen LogP contribution >= 0.6 is 0 Å². The molecule has 0 bridgehead atoms. The van der Waals surface area contributed by atoms with Crippen LogP contribution in [0.2, 0.25) is 0 Å². The average Bonchev–Trinajstić information content (AvgIpc) is 3.20. The molecule has 0 aliphatic carbocycles. The number of urea groups is 1. The lowest BCUT2D eigenvalue weighted by molar-refractivity contribution is -0.122. The molecule has 0 aromatic heterocycles. The van der Waals surface area contributed by atoms with Crippen molar-refractivity contribution in [2.75, 3.05) is 37.5 Å². The Kier molecular flexibility index (Phi) is 3.83. The largest absolute Gasteiger partial charge is 0.497 e. The number of benzene rings is 2. The number of ether oxygens (including phenoxy) is 1. The van der Waals surface area contributed by atoms with Crippen molar-refractivity contribution < 1.29 is 14.3 Å². The van der Waals surface area contributed by atoms with Gasteiger partial charge in [-0.25, -0.2) is 4.79 Å². The second-order valence-electron chi connectivity index (χ2n) is 6.80. The number of hydrogen-bond acceptors (Lipinski definition) is 3. The summed E-state index contributed by atoms with van der Waals surface area (Å²) < 4.78 is 5.19. The first-order valence-corrected chi connectivity index (χ1v) is 8.63. The van der Waals surface area contributed by atoms with Gasteiger partial charge in [0.15, 0.2) is 0 Å². The molecule has 4 rings (SSSR count). The van der Waals surface area contributed by atoms with Gasteiger partial charge in [0.2, 0.25) is 5.91 Å². The zero-order chi connectivity index (χ0) is 18.3. The quantitative estimate of drug-likeness (QED) is 0.905. The van der Waals surface area contributed by atoms with Gasteiger partial charge in [-0.1, -0.05) is 24.3 Å². The lowest BCUT2D eigenvalue weighted by Gasteiger charge is -2.23. The van der Waals surface area contributed by atoms with E-state index >= 15 is 0 Å². The Morgan fingerprint density at radius 3 is 2.81 bits per heavy atom. The van der Waals surface area contributed by atoms with Gasteiger partial charge in [0, 0.05) is 37.6 Å². The summed E-state index contributed by atoms with van der Waals surface area (Å²) in [6, 6.07) is 14.9. The predicted molar refractivity (Wildman–Crippen MR) is 99.7 cm³/mol. The maximum atomic E-state index is 12.9. The molecule has 1 spiro atoms. The molecule has 1 fully saturated rings. The Hall–Kier alpha value is -3.02. The van der Waals surface area contributed by atoms with E-state index in [1.807, 2.05) is 42.5 Å². The lowest BCUT2D eigenvalue weighted by atomic mass is 9.81. The van der Waals surface area contributed by atoms with Crippen molar-refractivity contribution >= 4 is 23.3 Å². The zero-order valence-electron chi connectivity index (χ0n) is 14.9. The standard InChI is InChI=1S/C20H21N3O3/c1-22-17-9-4-3-8-16(17)20(18(22)24)10-11-23(13-20)19(25)21-14-6-5-7-15(12-14)26-2/h3-9,12H,10-11,13H2,1-2H3,(H,21,25). The number of amides is 3. The molecule has 0 saturated carbocycles. The second kappa shape index (κ2) is 6.05. The van der Waals surface area contributed by atoms with Crippen LogP contribution in [0.4, 0.5) is 16.2 Å². The summed E-state index contributed by atoms with van der Waals surface area (Å²) in [6.07, 6.45) is 0.638. The summed E-state index contributed by atoms with van der Waals surface area (Å²) in [5.41, 5.74) is 2.00. The van der Waals surface area contributed by atoms with Crippen molar-refractivity contribution in [3.63, 3.8) is 0 Å². The molecular formula is C20H21N3O3. The van der Waals surface area contributed by atoms with Crippen LogP contribution in [0.15, 0.2) is 48.5 Å². The molecule has 26 heavy (non-hydrogen) atoms. The first kappa shape index (κ1) is 16.4. The van der Waals surface area contributed by atoms with Gasteiger partial charge in [-0.05, 0) is 30.2 Å². The SMILES string of the molecule is COc1cccc(NC(=O)N2CCC3(C2)C(=O)N(C)c2ccccc23)c1. The van der Waals surface area contributed by atoms with Crippen LogP contribution in [0, 0.1) is 0 Å². The van der Waals surface area contributed by atoms with Crippen molar-refractivity contribution in [2.24, 2.45) is 0 Å². The molecular weight excluding hydrogens is 330 g/mol. The molecule has 0 radical (unpaired) electrons. The summed E-state index contributed by atoms with van der Waals surface area (Å²) in [5, 5.41) is 2.90. The van der Waals surface area contributed by atoms with E-state index in [2.05, 4.69) is 5.32 Å². The van der Waals surface area contributed by atoms with Crippen LogP contribution in [0.25, 0.3) is 0 Å². The highest BCUT2D eigenvalue weighted by Gasteiger charge is 2.54. The highest BCUT2D eigenvalue weighted by atomic mass is 16.5. The van der Waals surface area contributed by atoms with Gasteiger partial charge in [0.25, 0.3) is 0 Å². The molecule has 3 amide bonds. The Labute approximate surface area is 152 Å². The van der Waals surface area contributed by atoms with E-state index in [1.165, 1.54) is 0 Å². The molecule has 2 aromatic rings. The Bertz CT molecular complexity index is 882. The van der Waals surface area contributed by atoms with Crippen LogP contribution in [0.5, 0.6) is 5.75 Å². The number of methoxy groups -OCH3 is 1. The number of nitrogens with one attached hydrogen (secondary N) is 1. The third-order valence-corrected chi connectivity index (χ3v) is 5.37. The van der Waals surface area contributed by atoms with E-state index in [1.54, 1.807) is 30.0 Å². The fourth-order valence-electron chi connectivity index (χ4n) is 4.00. The number of carbonyl (C=O) groups excluding carboxylic acids is 2. The highest BCUT2D eigenvalue weighted by molar-refractivity contribution is 6.08. The Morgan fingerprint density at radius 1 is 1.19 bits per heavy atom. The number of likely N-dealkylation sites (tertiary alicyclic amines) is 1. The van der Waals surface area contributed by atoms with E-state index in [0.717, 1.165) is 11.3 Å². The zero-order valence-corrected chi connectivity index (χ0v) is 14.9. The van der Waals surface area contributed by atoms with Crippen molar-refractivity contribution in [2.45, 2.75) is 11.8 Å². The van der Waals surface area contributed by atoms with E-state index in [-0.39, 0.29) is 11.9 Å². The van der Waals surface area contributed by atoms with Crippen molar-refractivity contribution in [1.29, 1.82) is 0 Å². The van der Waals surface area contributed by atoms with Crippen LogP contribution in [-0.2, 0) is 10.2 Å². The number of fused-ring (bicyclic) bond motifs is 2. The molecule has 6 heteroatoms. The molecule has 134 valence electrons. The van der Waals surface area contributed by atoms with Crippen molar-refractivity contribution in [3.8, 4) is 5.75 Å². The number of nitrogens with zero attached hydrogens (tertiary/aromatic N) is 2. The summed E-state index contributed by atoms with van der Waals surface area (Å²) >= 11 is 0. The summed E-state index contributed by atoms with van der Waals surface area (Å²) in [4.78, 5) is 29.1. The fourth-order valence-corrected chi connectivity index (χ4v) is 4.00. The van der Waals surface area contributed by atoms with Crippen LogP contribution in [0.3, 0.4) is 0 Å². The molecule has 1 atom stereocenters. The number of anilines is 2. The van der Waals surface area contributed by atoms with E-state index in [9.17, 15) is 9.59 Å². The van der Waals surface area contributed by atoms with E-state index in [0.29, 0.717) is 30.9 Å². The molecule has 1 N–H and O–H groups in total. The monoisotopic (exact) mass is 351 g/mol. The first-order chi connectivity index (χ1) is 12.5. The number of para-hydroxylation sites is 1. The Balaban J connectivity index is 1.55.